The largest absolute Gasteiger partial charge is 0.321 e. The Bertz CT molecular complexity index is 656. The van der Waals surface area contributed by atoms with Gasteiger partial charge in [0.25, 0.3) is 0 Å². The van der Waals surface area contributed by atoms with Gasteiger partial charge in [0, 0.05) is 11.8 Å². The fourth-order valence-electron chi connectivity index (χ4n) is 1.44. The number of amides is 2. The lowest BCUT2D eigenvalue weighted by Crippen LogP contribution is -2.19. The first kappa shape index (κ1) is 14.9. The van der Waals surface area contributed by atoms with Crippen molar-refractivity contribution in [2.45, 2.75) is 27.7 Å². The van der Waals surface area contributed by atoms with E-state index in [0.717, 1.165) is 0 Å². The van der Waals surface area contributed by atoms with Crippen LogP contribution in [0.1, 0.15) is 27.7 Å². The lowest BCUT2D eigenvalue weighted by molar-refractivity contribution is -0.119. The van der Waals surface area contributed by atoms with E-state index in [1.807, 2.05) is 0 Å². The number of carbonyl (C=O) groups is 2. The van der Waals surface area contributed by atoms with E-state index in [0.29, 0.717) is 17.1 Å². The molecular weight excluding hydrogens is 272 g/mol. The Morgan fingerprint density at radius 1 is 1.05 bits per heavy atom. The number of aromatic amines is 1. The van der Waals surface area contributed by atoms with Gasteiger partial charge in [-0.3, -0.25) is 20.2 Å². The van der Waals surface area contributed by atoms with Crippen molar-refractivity contribution in [2.24, 2.45) is 11.8 Å². The van der Waals surface area contributed by atoms with E-state index in [-0.39, 0.29) is 29.6 Å². The molecule has 112 valence electrons. The average molecular weight is 290 g/mol. The minimum absolute atomic E-state index is 0.143. The van der Waals surface area contributed by atoms with Crippen molar-refractivity contribution >= 4 is 34.9 Å². The van der Waals surface area contributed by atoms with E-state index in [2.05, 4.69) is 30.6 Å². The Labute approximate surface area is 121 Å². The third-order valence-corrected chi connectivity index (χ3v) is 2.76. The van der Waals surface area contributed by atoms with Crippen LogP contribution in [-0.4, -0.2) is 31.8 Å². The number of hydrogen-bond donors (Lipinski definition) is 3. The summed E-state index contributed by atoms with van der Waals surface area (Å²) in [6.07, 6.45) is 1.51. The zero-order chi connectivity index (χ0) is 15.6. The summed E-state index contributed by atoms with van der Waals surface area (Å²) in [6, 6.07) is 0. The van der Waals surface area contributed by atoms with E-state index < -0.39 is 0 Å². The Balaban J connectivity index is 2.20. The van der Waals surface area contributed by atoms with Crippen molar-refractivity contribution in [1.82, 2.24) is 19.9 Å². The molecule has 8 heteroatoms. The molecule has 0 fully saturated rings. The van der Waals surface area contributed by atoms with Gasteiger partial charge in [0.2, 0.25) is 23.7 Å². The predicted octanol–water partition coefficient (Wildman–Crippen LogP) is 1.54. The number of nitrogens with zero attached hydrogens (tertiary/aromatic N) is 3. The van der Waals surface area contributed by atoms with Crippen LogP contribution in [-0.2, 0) is 9.59 Å². The Kier molecular flexibility index (Phi) is 4.15. The summed E-state index contributed by atoms with van der Waals surface area (Å²) in [7, 11) is 0. The number of hydrogen-bond acceptors (Lipinski definition) is 5. The Morgan fingerprint density at radius 2 is 1.67 bits per heavy atom. The second-order valence-electron chi connectivity index (χ2n) is 5.30. The van der Waals surface area contributed by atoms with E-state index in [4.69, 9.17) is 0 Å². The normalized spacial score (nSPS) is 11.1. The summed E-state index contributed by atoms with van der Waals surface area (Å²) in [5.41, 5.74) is 0.958. The van der Waals surface area contributed by atoms with E-state index in [1.165, 1.54) is 6.20 Å². The van der Waals surface area contributed by atoms with Gasteiger partial charge < -0.3 is 4.98 Å². The first-order valence-corrected chi connectivity index (χ1v) is 6.71. The molecule has 0 saturated heterocycles. The number of H-pyrrole nitrogens is 1. The molecule has 21 heavy (non-hydrogen) atoms. The smallest absolute Gasteiger partial charge is 0.231 e. The fourth-order valence-corrected chi connectivity index (χ4v) is 1.44. The van der Waals surface area contributed by atoms with Crippen LogP contribution >= 0.6 is 0 Å². The molecule has 2 aromatic rings. The third-order valence-electron chi connectivity index (χ3n) is 2.76. The van der Waals surface area contributed by atoms with E-state index >= 15 is 0 Å². The second-order valence-corrected chi connectivity index (χ2v) is 5.30. The molecule has 2 rings (SSSR count). The Morgan fingerprint density at radius 3 is 2.29 bits per heavy atom. The summed E-state index contributed by atoms with van der Waals surface area (Å²) in [5, 5.41) is 5.25. The van der Waals surface area contributed by atoms with Crippen molar-refractivity contribution in [3.63, 3.8) is 0 Å². The molecule has 8 nitrogen and oxygen atoms in total. The van der Waals surface area contributed by atoms with E-state index in [1.54, 1.807) is 27.7 Å². The second kappa shape index (κ2) is 5.86. The molecule has 2 amide bonds. The van der Waals surface area contributed by atoms with Crippen molar-refractivity contribution in [1.29, 1.82) is 0 Å². The van der Waals surface area contributed by atoms with Crippen LogP contribution in [0, 0.1) is 11.8 Å². The number of aromatic nitrogens is 4. The molecule has 0 aliphatic carbocycles. The standard InChI is InChI=1S/C13H18N6O2/c1-6(2)10(20)18-12-14-5-8-9(16-12)17-13(15-8)19-11(21)7(3)4/h5-7H,1-4H3,(H3,14,15,16,17,18,19,20,21). The molecule has 0 bridgehead atoms. The maximum atomic E-state index is 11.6. The van der Waals surface area contributed by atoms with Gasteiger partial charge in [0.05, 0.1) is 6.20 Å². The molecule has 0 aliphatic heterocycles. The monoisotopic (exact) mass is 290 g/mol. The van der Waals surface area contributed by atoms with Gasteiger partial charge in [-0.1, -0.05) is 27.7 Å². The maximum Gasteiger partial charge on any atom is 0.231 e. The van der Waals surface area contributed by atoms with Crippen LogP contribution in [0.25, 0.3) is 11.2 Å². The van der Waals surface area contributed by atoms with Gasteiger partial charge >= 0.3 is 0 Å². The van der Waals surface area contributed by atoms with Gasteiger partial charge in [-0.15, -0.1) is 0 Å². The van der Waals surface area contributed by atoms with Crippen LogP contribution in [0.4, 0.5) is 11.9 Å². The van der Waals surface area contributed by atoms with Crippen LogP contribution in [0.5, 0.6) is 0 Å². The first-order chi connectivity index (χ1) is 9.86. The van der Waals surface area contributed by atoms with Crippen molar-refractivity contribution < 1.29 is 9.59 Å². The highest BCUT2D eigenvalue weighted by Crippen LogP contribution is 2.14. The molecule has 0 atom stereocenters. The maximum absolute atomic E-state index is 11.6. The van der Waals surface area contributed by atoms with Crippen molar-refractivity contribution in [3.05, 3.63) is 6.20 Å². The molecule has 0 saturated carbocycles. The van der Waals surface area contributed by atoms with Crippen molar-refractivity contribution in [3.8, 4) is 0 Å². The minimum atomic E-state index is -0.168. The Hall–Kier alpha value is -2.51. The highest BCUT2D eigenvalue weighted by Gasteiger charge is 2.13. The minimum Gasteiger partial charge on any atom is -0.321 e. The SMILES string of the molecule is CC(C)C(=O)Nc1ncc2[nH]c(NC(=O)C(C)C)nc2n1. The highest BCUT2D eigenvalue weighted by molar-refractivity contribution is 5.92. The molecular formula is C13H18N6O2. The summed E-state index contributed by atoms with van der Waals surface area (Å²) < 4.78 is 0. The molecule has 0 radical (unpaired) electrons. The van der Waals surface area contributed by atoms with Crippen molar-refractivity contribution in [2.75, 3.05) is 10.6 Å². The van der Waals surface area contributed by atoms with E-state index in [9.17, 15) is 9.59 Å². The molecule has 2 aromatic heterocycles. The summed E-state index contributed by atoms with van der Waals surface area (Å²) in [5.74, 6) is -0.122. The molecule has 0 aliphatic rings. The zero-order valence-corrected chi connectivity index (χ0v) is 12.4. The summed E-state index contributed by atoms with van der Waals surface area (Å²) >= 11 is 0. The van der Waals surface area contributed by atoms with Crippen LogP contribution in [0.2, 0.25) is 0 Å². The van der Waals surface area contributed by atoms with Gasteiger partial charge in [-0.05, 0) is 0 Å². The number of anilines is 2. The number of carbonyl (C=O) groups excluding carboxylic acids is 2. The third kappa shape index (κ3) is 3.53. The number of imidazole rings is 1. The topological polar surface area (TPSA) is 113 Å². The van der Waals surface area contributed by atoms with Crippen LogP contribution in [0.3, 0.4) is 0 Å². The van der Waals surface area contributed by atoms with Crippen LogP contribution in [0.15, 0.2) is 6.20 Å². The number of fused-ring (bicyclic) bond motifs is 1. The summed E-state index contributed by atoms with van der Waals surface area (Å²) in [4.78, 5) is 38.4. The number of rotatable bonds is 4. The lowest BCUT2D eigenvalue weighted by atomic mass is 10.2. The average Bonchev–Trinajstić information content (AvgIpc) is 2.79. The molecule has 2 heterocycles. The van der Waals surface area contributed by atoms with Gasteiger partial charge in [-0.2, -0.15) is 9.97 Å². The number of nitrogens with one attached hydrogen (secondary N) is 3. The van der Waals surface area contributed by atoms with Gasteiger partial charge in [0.1, 0.15) is 5.52 Å². The molecule has 0 unspecified atom stereocenters. The summed E-state index contributed by atoms with van der Waals surface area (Å²) in [6.45, 7) is 7.14. The highest BCUT2D eigenvalue weighted by atomic mass is 16.2. The quantitative estimate of drug-likeness (QED) is 0.790. The molecule has 3 N–H and O–H groups in total. The molecule has 0 spiro atoms. The zero-order valence-electron chi connectivity index (χ0n) is 12.4. The fraction of sp³-hybridized carbons (Fsp3) is 0.462. The van der Waals surface area contributed by atoms with Gasteiger partial charge in [-0.25, -0.2) is 4.98 Å². The lowest BCUT2D eigenvalue weighted by Gasteiger charge is -2.04. The first-order valence-electron chi connectivity index (χ1n) is 6.71. The van der Waals surface area contributed by atoms with Crippen LogP contribution < -0.4 is 10.6 Å². The molecule has 0 aromatic carbocycles. The van der Waals surface area contributed by atoms with Gasteiger partial charge in [0.15, 0.2) is 5.65 Å². The predicted molar refractivity (Wildman–Crippen MR) is 78.6 cm³/mol.